The molecule has 8 heteroatoms. The van der Waals surface area contributed by atoms with E-state index in [0.717, 1.165) is 5.56 Å². The van der Waals surface area contributed by atoms with Crippen molar-refractivity contribution >= 4 is 6.09 Å². The van der Waals surface area contributed by atoms with Crippen molar-refractivity contribution in [2.45, 2.75) is 50.9 Å². The van der Waals surface area contributed by atoms with Crippen molar-refractivity contribution in [2.75, 3.05) is 13.2 Å². The van der Waals surface area contributed by atoms with Crippen LogP contribution in [0.25, 0.3) is 0 Å². The zero-order valence-electron chi connectivity index (χ0n) is 17.3. The van der Waals surface area contributed by atoms with Crippen molar-refractivity contribution in [3.63, 3.8) is 0 Å². The van der Waals surface area contributed by atoms with Gasteiger partial charge in [-0.1, -0.05) is 31.2 Å². The third-order valence-corrected chi connectivity index (χ3v) is 5.64. The van der Waals surface area contributed by atoms with Gasteiger partial charge in [-0.05, 0) is 54.7 Å². The summed E-state index contributed by atoms with van der Waals surface area (Å²) in [6.07, 6.45) is 1.43. The first-order chi connectivity index (χ1) is 14.9. The lowest BCUT2D eigenvalue weighted by Gasteiger charge is -2.44. The molecule has 31 heavy (non-hydrogen) atoms. The molecule has 5 nitrogen and oxygen atoms in total. The molecule has 0 radical (unpaired) electrons. The van der Waals surface area contributed by atoms with E-state index in [1.54, 1.807) is 29.2 Å². The lowest BCUT2D eigenvalue weighted by molar-refractivity contribution is -0.0697. The summed E-state index contributed by atoms with van der Waals surface area (Å²) in [6, 6.07) is 11.8. The zero-order chi connectivity index (χ0) is 22.4. The summed E-state index contributed by atoms with van der Waals surface area (Å²) in [6.45, 7) is -0.622. The Hall–Kier alpha value is -2.74. The fourth-order valence-electron chi connectivity index (χ4n) is 4.10. The Labute approximate surface area is 179 Å². The van der Waals surface area contributed by atoms with Gasteiger partial charge in [0.15, 0.2) is 0 Å². The Bertz CT molecular complexity index is 860. The molecule has 1 aliphatic heterocycles. The Morgan fingerprint density at radius 1 is 1.16 bits per heavy atom. The molecule has 0 spiro atoms. The number of halogens is 3. The van der Waals surface area contributed by atoms with Crippen LogP contribution in [0.5, 0.6) is 5.75 Å². The molecular formula is C23H26F3NO4. The SMILES string of the molecule is CC[C@@H](c1ccc(OC(F)F)cc1)N1CC[C@](CCCO)(c2ccc(F)cc2)OC1=O. The molecule has 0 aromatic heterocycles. The van der Waals surface area contributed by atoms with Crippen LogP contribution in [0, 0.1) is 5.82 Å². The third-order valence-electron chi connectivity index (χ3n) is 5.64. The van der Waals surface area contributed by atoms with Crippen LogP contribution in [-0.2, 0) is 10.3 Å². The first-order valence-corrected chi connectivity index (χ1v) is 10.3. The van der Waals surface area contributed by atoms with E-state index in [1.807, 2.05) is 6.92 Å². The van der Waals surface area contributed by atoms with E-state index in [0.29, 0.717) is 37.8 Å². The average molecular weight is 437 g/mol. The number of hydrogen-bond acceptors (Lipinski definition) is 4. The number of ether oxygens (including phenoxy) is 2. The summed E-state index contributed by atoms with van der Waals surface area (Å²) in [5.74, 6) is -0.329. The van der Waals surface area contributed by atoms with Crippen LogP contribution in [0.4, 0.5) is 18.0 Å². The van der Waals surface area contributed by atoms with Crippen LogP contribution in [0.2, 0.25) is 0 Å². The van der Waals surface area contributed by atoms with Crippen molar-refractivity contribution in [2.24, 2.45) is 0 Å². The van der Waals surface area contributed by atoms with Gasteiger partial charge in [0, 0.05) is 19.6 Å². The number of alkyl halides is 2. The second-order valence-electron chi connectivity index (χ2n) is 7.51. The van der Waals surface area contributed by atoms with E-state index in [4.69, 9.17) is 4.74 Å². The number of amides is 1. The molecule has 0 unspecified atom stereocenters. The smallest absolute Gasteiger partial charge is 0.411 e. The molecule has 3 rings (SSSR count). The third kappa shape index (κ3) is 5.31. The Morgan fingerprint density at radius 3 is 2.39 bits per heavy atom. The summed E-state index contributed by atoms with van der Waals surface area (Å²) in [5.41, 5.74) is 0.541. The maximum absolute atomic E-state index is 13.4. The van der Waals surface area contributed by atoms with Crippen molar-refractivity contribution in [1.82, 2.24) is 4.90 Å². The van der Waals surface area contributed by atoms with Crippen molar-refractivity contribution < 1.29 is 32.5 Å². The van der Waals surface area contributed by atoms with Gasteiger partial charge in [-0.15, -0.1) is 0 Å². The normalized spacial score (nSPS) is 19.9. The highest BCUT2D eigenvalue weighted by Crippen LogP contribution is 2.41. The molecule has 0 aliphatic carbocycles. The van der Waals surface area contributed by atoms with E-state index in [9.17, 15) is 23.1 Å². The van der Waals surface area contributed by atoms with Crippen molar-refractivity contribution in [3.05, 3.63) is 65.5 Å². The summed E-state index contributed by atoms with van der Waals surface area (Å²) in [5, 5.41) is 9.30. The van der Waals surface area contributed by atoms with E-state index in [2.05, 4.69) is 4.74 Å². The van der Waals surface area contributed by atoms with Gasteiger partial charge in [0.1, 0.15) is 17.2 Å². The predicted octanol–water partition coefficient (Wildman–Crippen LogP) is 5.39. The number of hydrogen-bond donors (Lipinski definition) is 1. The fraction of sp³-hybridized carbons (Fsp3) is 0.435. The van der Waals surface area contributed by atoms with Crippen LogP contribution in [0.15, 0.2) is 48.5 Å². The minimum Gasteiger partial charge on any atom is -0.438 e. The van der Waals surface area contributed by atoms with Gasteiger partial charge in [0.25, 0.3) is 0 Å². The summed E-state index contributed by atoms with van der Waals surface area (Å²) in [7, 11) is 0. The van der Waals surface area contributed by atoms with Crippen LogP contribution in [-0.4, -0.2) is 35.9 Å². The zero-order valence-corrected chi connectivity index (χ0v) is 17.3. The molecule has 1 aliphatic rings. The Kier molecular flexibility index (Phi) is 7.43. The highest BCUT2D eigenvalue weighted by atomic mass is 19.3. The molecule has 2 atom stereocenters. The number of rotatable bonds is 9. The van der Waals surface area contributed by atoms with Crippen molar-refractivity contribution in [1.29, 1.82) is 0 Å². The largest absolute Gasteiger partial charge is 0.438 e. The highest BCUT2D eigenvalue weighted by Gasteiger charge is 2.43. The molecule has 1 fully saturated rings. The second-order valence-corrected chi connectivity index (χ2v) is 7.51. The van der Waals surface area contributed by atoms with Crippen molar-refractivity contribution in [3.8, 4) is 5.75 Å². The number of nitrogens with zero attached hydrogens (tertiary/aromatic N) is 1. The first kappa shape index (κ1) is 22.9. The van der Waals surface area contributed by atoms with Gasteiger partial charge in [-0.3, -0.25) is 0 Å². The molecule has 0 saturated carbocycles. The van der Waals surface area contributed by atoms with E-state index < -0.39 is 18.3 Å². The lowest BCUT2D eigenvalue weighted by atomic mass is 9.84. The van der Waals surface area contributed by atoms with E-state index in [-0.39, 0.29) is 24.2 Å². The number of benzene rings is 2. The average Bonchev–Trinajstić information content (AvgIpc) is 2.75. The van der Waals surface area contributed by atoms with Gasteiger partial charge in [0.05, 0.1) is 6.04 Å². The van der Waals surface area contributed by atoms with Gasteiger partial charge in [-0.25, -0.2) is 9.18 Å². The van der Waals surface area contributed by atoms with E-state index in [1.165, 1.54) is 24.3 Å². The number of aliphatic hydroxyl groups excluding tert-OH is 1. The van der Waals surface area contributed by atoms with Crippen LogP contribution >= 0.6 is 0 Å². The number of carbonyl (C=O) groups excluding carboxylic acids is 1. The topological polar surface area (TPSA) is 59.0 Å². The molecule has 2 aromatic rings. The standard InChI is InChI=1S/C23H26F3NO4/c1-2-20(16-4-10-19(11-5-16)30-21(25)26)27-14-13-23(12-3-15-28,31-22(27)29)17-6-8-18(24)9-7-17/h4-11,20-21,28H,2-3,12-15H2,1H3/t20-,23+/m0/s1. The summed E-state index contributed by atoms with van der Waals surface area (Å²) in [4.78, 5) is 14.7. The van der Waals surface area contributed by atoms with E-state index >= 15 is 0 Å². The number of carbonyl (C=O) groups is 1. The highest BCUT2D eigenvalue weighted by molar-refractivity contribution is 5.70. The molecule has 2 aromatic carbocycles. The molecule has 1 saturated heterocycles. The van der Waals surface area contributed by atoms with Gasteiger partial charge in [0.2, 0.25) is 0 Å². The molecule has 1 N–H and O–H groups in total. The van der Waals surface area contributed by atoms with Gasteiger partial charge >= 0.3 is 12.7 Å². The van der Waals surface area contributed by atoms with Gasteiger partial charge in [-0.2, -0.15) is 8.78 Å². The van der Waals surface area contributed by atoms with Crippen LogP contribution < -0.4 is 4.74 Å². The maximum atomic E-state index is 13.4. The van der Waals surface area contributed by atoms with Crippen LogP contribution in [0.3, 0.4) is 0 Å². The summed E-state index contributed by atoms with van der Waals surface area (Å²) >= 11 is 0. The summed E-state index contributed by atoms with van der Waals surface area (Å²) < 4.78 is 48.5. The second kappa shape index (κ2) is 10.0. The Balaban J connectivity index is 1.80. The van der Waals surface area contributed by atoms with Crippen LogP contribution in [0.1, 0.15) is 49.8 Å². The first-order valence-electron chi connectivity index (χ1n) is 10.3. The monoisotopic (exact) mass is 437 g/mol. The fourth-order valence-corrected chi connectivity index (χ4v) is 4.10. The Morgan fingerprint density at radius 2 is 1.84 bits per heavy atom. The maximum Gasteiger partial charge on any atom is 0.411 e. The molecule has 0 bridgehead atoms. The number of cyclic esters (lactones) is 1. The molecular weight excluding hydrogens is 411 g/mol. The lowest BCUT2D eigenvalue weighted by Crippen LogP contribution is -2.49. The van der Waals surface area contributed by atoms with Gasteiger partial charge < -0.3 is 19.5 Å². The number of aliphatic hydroxyl groups is 1. The molecule has 168 valence electrons. The minimum absolute atomic E-state index is 0.0468. The minimum atomic E-state index is -2.90. The molecule has 1 heterocycles. The molecule has 1 amide bonds. The quantitative estimate of drug-likeness (QED) is 0.572. The predicted molar refractivity (Wildman–Crippen MR) is 108 cm³/mol.